The van der Waals surface area contributed by atoms with Gasteiger partial charge in [-0.15, -0.1) is 0 Å². The summed E-state index contributed by atoms with van der Waals surface area (Å²) in [5.41, 5.74) is 0. The van der Waals surface area contributed by atoms with E-state index in [-0.39, 0.29) is 23.7 Å². The van der Waals surface area contributed by atoms with Crippen molar-refractivity contribution < 1.29 is 9.59 Å². The van der Waals surface area contributed by atoms with Gasteiger partial charge in [-0.05, 0) is 18.6 Å². The smallest absolute Gasteiger partial charge is 0.238 e. The number of carbonyl (C=O) groups excluding carboxylic acids is 2. The van der Waals surface area contributed by atoms with Crippen molar-refractivity contribution in [2.24, 2.45) is 11.8 Å². The largest absolute Gasteiger partial charge is 0.274 e. The number of hydrogen-bond donors (Lipinski definition) is 0. The highest BCUT2D eigenvalue weighted by Crippen LogP contribution is 2.47. The maximum absolute atomic E-state index is 11.6. The Bertz CT molecular complexity index is 395. The Labute approximate surface area is 80.5 Å². The van der Waals surface area contributed by atoms with Crippen LogP contribution >= 0.6 is 0 Å². The fourth-order valence-corrected chi connectivity index (χ4v) is 1.89. The predicted octanol–water partition coefficient (Wildman–Crippen LogP) is 0.591. The number of carbonyl (C=O) groups is 2. The average molecular weight is 188 g/mol. The summed E-state index contributed by atoms with van der Waals surface area (Å²) in [4.78, 5) is 28.5. The number of hydrogen-bond acceptors (Lipinski definition) is 3. The van der Waals surface area contributed by atoms with E-state index in [1.165, 1.54) is 4.90 Å². The molecule has 1 aliphatic carbocycles. The molecule has 1 saturated heterocycles. The van der Waals surface area contributed by atoms with Crippen molar-refractivity contribution in [2.75, 3.05) is 4.90 Å². The van der Waals surface area contributed by atoms with Crippen LogP contribution in [0.25, 0.3) is 0 Å². The first-order valence-electron chi connectivity index (χ1n) is 4.58. The fourth-order valence-electron chi connectivity index (χ4n) is 1.89. The van der Waals surface area contributed by atoms with Crippen LogP contribution in [-0.4, -0.2) is 16.8 Å². The quantitative estimate of drug-likeness (QED) is 0.606. The number of anilines is 1. The minimum atomic E-state index is -0.0845. The molecular weight excluding hydrogens is 180 g/mol. The minimum Gasteiger partial charge on any atom is -0.274 e. The molecule has 4 heteroatoms. The Morgan fingerprint density at radius 1 is 1.21 bits per heavy atom. The summed E-state index contributed by atoms with van der Waals surface area (Å²) in [6, 6.07) is 5.21. The Balaban J connectivity index is 2.00. The molecule has 0 aromatic carbocycles. The van der Waals surface area contributed by atoms with Crippen LogP contribution in [0.5, 0.6) is 0 Å². The van der Waals surface area contributed by atoms with Crippen LogP contribution in [-0.2, 0) is 9.59 Å². The lowest BCUT2D eigenvalue weighted by molar-refractivity contribution is -0.123. The molecule has 70 valence electrons. The van der Waals surface area contributed by atoms with Gasteiger partial charge in [-0.1, -0.05) is 6.07 Å². The van der Waals surface area contributed by atoms with E-state index in [2.05, 4.69) is 4.98 Å². The van der Waals surface area contributed by atoms with Crippen molar-refractivity contribution in [3.8, 4) is 0 Å². The summed E-state index contributed by atoms with van der Waals surface area (Å²) in [6.45, 7) is 0. The number of rotatable bonds is 1. The number of fused-ring (bicyclic) bond motifs is 1. The SMILES string of the molecule is O=C1C2CC2C(=O)N1c1ccccn1. The molecule has 0 bridgehead atoms. The molecule has 0 N–H and O–H groups in total. The molecule has 14 heavy (non-hydrogen) atoms. The molecule has 2 amide bonds. The zero-order valence-electron chi connectivity index (χ0n) is 7.38. The van der Waals surface area contributed by atoms with Crippen LogP contribution in [0.3, 0.4) is 0 Å². The summed E-state index contributed by atoms with van der Waals surface area (Å²) >= 11 is 0. The third-order valence-electron chi connectivity index (χ3n) is 2.74. The van der Waals surface area contributed by atoms with Gasteiger partial charge in [0.15, 0.2) is 0 Å². The predicted molar refractivity (Wildman–Crippen MR) is 48.3 cm³/mol. The van der Waals surface area contributed by atoms with E-state index in [1.54, 1.807) is 24.4 Å². The highest BCUT2D eigenvalue weighted by molar-refractivity contribution is 6.24. The zero-order chi connectivity index (χ0) is 9.71. The summed E-state index contributed by atoms with van der Waals surface area (Å²) in [6.07, 6.45) is 2.32. The molecule has 3 rings (SSSR count). The van der Waals surface area contributed by atoms with E-state index in [0.717, 1.165) is 6.42 Å². The number of nitrogens with zero attached hydrogens (tertiary/aromatic N) is 2. The molecule has 1 aliphatic heterocycles. The van der Waals surface area contributed by atoms with Crippen molar-refractivity contribution in [1.82, 2.24) is 4.98 Å². The lowest BCUT2D eigenvalue weighted by Crippen LogP contribution is -2.33. The van der Waals surface area contributed by atoms with Crippen molar-refractivity contribution in [3.05, 3.63) is 24.4 Å². The monoisotopic (exact) mass is 188 g/mol. The van der Waals surface area contributed by atoms with Crippen LogP contribution in [0, 0.1) is 11.8 Å². The number of aromatic nitrogens is 1. The maximum atomic E-state index is 11.6. The molecule has 2 atom stereocenters. The molecular formula is C10H8N2O2. The van der Waals surface area contributed by atoms with Gasteiger partial charge in [-0.2, -0.15) is 0 Å². The number of pyridine rings is 1. The van der Waals surface area contributed by atoms with Gasteiger partial charge in [0.2, 0.25) is 11.8 Å². The second-order valence-corrected chi connectivity index (χ2v) is 3.65. The summed E-state index contributed by atoms with van der Waals surface area (Å²) < 4.78 is 0. The third kappa shape index (κ3) is 0.852. The van der Waals surface area contributed by atoms with E-state index >= 15 is 0 Å². The van der Waals surface area contributed by atoms with Gasteiger partial charge < -0.3 is 0 Å². The van der Waals surface area contributed by atoms with E-state index in [4.69, 9.17) is 0 Å². The lowest BCUT2D eigenvalue weighted by atomic mass is 10.4. The highest BCUT2D eigenvalue weighted by Gasteiger charge is 2.59. The number of imide groups is 1. The van der Waals surface area contributed by atoms with E-state index < -0.39 is 0 Å². The second-order valence-electron chi connectivity index (χ2n) is 3.65. The van der Waals surface area contributed by atoms with Crippen LogP contribution in [0.1, 0.15) is 6.42 Å². The summed E-state index contributed by atoms with van der Waals surface area (Å²) in [7, 11) is 0. The van der Waals surface area contributed by atoms with Gasteiger partial charge in [-0.25, -0.2) is 9.88 Å². The van der Waals surface area contributed by atoms with Gasteiger partial charge >= 0.3 is 0 Å². The topological polar surface area (TPSA) is 50.3 Å². The summed E-state index contributed by atoms with van der Waals surface area (Å²) in [5.74, 6) is 0.182. The van der Waals surface area contributed by atoms with Crippen LogP contribution in [0.2, 0.25) is 0 Å². The van der Waals surface area contributed by atoms with Crippen molar-refractivity contribution in [1.29, 1.82) is 0 Å². The number of amides is 2. The molecule has 4 nitrogen and oxygen atoms in total. The molecule has 2 aliphatic rings. The van der Waals surface area contributed by atoms with Crippen LogP contribution < -0.4 is 4.90 Å². The average Bonchev–Trinajstić information content (AvgIpc) is 2.94. The van der Waals surface area contributed by atoms with Gasteiger partial charge in [0.1, 0.15) is 5.82 Å². The van der Waals surface area contributed by atoms with Crippen molar-refractivity contribution >= 4 is 17.6 Å². The molecule has 1 aromatic rings. The van der Waals surface area contributed by atoms with Gasteiger partial charge in [0.25, 0.3) is 0 Å². The van der Waals surface area contributed by atoms with Crippen molar-refractivity contribution in [2.45, 2.75) is 6.42 Å². The first kappa shape index (κ1) is 7.67. The molecule has 2 heterocycles. The highest BCUT2D eigenvalue weighted by atomic mass is 16.2. The molecule has 0 radical (unpaired) electrons. The molecule has 2 fully saturated rings. The maximum Gasteiger partial charge on any atom is 0.238 e. The molecule has 1 aromatic heterocycles. The van der Waals surface area contributed by atoms with Crippen LogP contribution in [0.15, 0.2) is 24.4 Å². The van der Waals surface area contributed by atoms with E-state index in [1.807, 2.05) is 0 Å². The van der Waals surface area contributed by atoms with Crippen molar-refractivity contribution in [3.63, 3.8) is 0 Å². The van der Waals surface area contributed by atoms with E-state index in [0.29, 0.717) is 5.82 Å². The zero-order valence-corrected chi connectivity index (χ0v) is 7.38. The van der Waals surface area contributed by atoms with Gasteiger partial charge in [0, 0.05) is 6.20 Å². The van der Waals surface area contributed by atoms with Crippen LogP contribution in [0.4, 0.5) is 5.82 Å². The minimum absolute atomic E-state index is 0.0514. The molecule has 1 saturated carbocycles. The second kappa shape index (κ2) is 2.41. The number of piperidine rings is 1. The Hall–Kier alpha value is -1.71. The first-order chi connectivity index (χ1) is 6.79. The Morgan fingerprint density at radius 3 is 2.50 bits per heavy atom. The Morgan fingerprint density at radius 2 is 1.93 bits per heavy atom. The van der Waals surface area contributed by atoms with Gasteiger partial charge in [-0.3, -0.25) is 9.59 Å². The lowest BCUT2D eigenvalue weighted by Gasteiger charge is -2.14. The third-order valence-corrected chi connectivity index (χ3v) is 2.74. The molecule has 0 spiro atoms. The fraction of sp³-hybridized carbons (Fsp3) is 0.300. The standard InChI is InChI=1S/C10H8N2O2/c13-9-6-5-7(6)10(14)12(9)8-3-1-2-4-11-8/h1-4,6-7H,5H2. The first-order valence-corrected chi connectivity index (χ1v) is 4.58. The van der Waals surface area contributed by atoms with E-state index in [9.17, 15) is 9.59 Å². The molecule has 2 unspecified atom stereocenters. The normalized spacial score (nSPS) is 29.3. The summed E-state index contributed by atoms with van der Waals surface area (Å²) in [5, 5.41) is 0. The van der Waals surface area contributed by atoms with Gasteiger partial charge in [0.05, 0.1) is 11.8 Å². The Kier molecular flexibility index (Phi) is 1.32.